The average Bonchev–Trinajstić information content (AvgIpc) is 2.74. The van der Waals surface area contributed by atoms with E-state index in [4.69, 9.17) is 0 Å². The van der Waals surface area contributed by atoms with E-state index in [1.54, 1.807) is 36.1 Å². The Morgan fingerprint density at radius 3 is 2.32 bits per heavy atom. The van der Waals surface area contributed by atoms with Crippen molar-refractivity contribution in [3.63, 3.8) is 0 Å². The van der Waals surface area contributed by atoms with Gasteiger partial charge in [-0.15, -0.1) is 0 Å². The van der Waals surface area contributed by atoms with Gasteiger partial charge in [0.2, 0.25) is 11.8 Å². The molecule has 2 aromatic rings. The molecule has 3 amide bonds. The van der Waals surface area contributed by atoms with Gasteiger partial charge in [-0.2, -0.15) is 0 Å². The minimum absolute atomic E-state index is 0.0621. The lowest BCUT2D eigenvalue weighted by Gasteiger charge is -2.32. The lowest BCUT2D eigenvalue weighted by Crippen LogP contribution is -2.49. The number of piperidine rings is 1. The van der Waals surface area contributed by atoms with Crippen molar-refractivity contribution in [1.29, 1.82) is 0 Å². The molecule has 1 fully saturated rings. The fourth-order valence-corrected chi connectivity index (χ4v) is 3.31. The summed E-state index contributed by atoms with van der Waals surface area (Å²) in [6.07, 6.45) is 1.47. The standard InChI is InChI=1S/C22H25N3O3/c1-16(20(26)24-19-12-6-3-7-13-19)23-21(27)18-11-8-14-25(15-18)22(28)17-9-4-2-5-10-17/h2-7,9-10,12-13,16,18H,8,11,14-15H2,1H3,(H,23,27)(H,24,26). The van der Waals surface area contributed by atoms with E-state index in [9.17, 15) is 14.4 Å². The van der Waals surface area contributed by atoms with Crippen LogP contribution in [0.15, 0.2) is 60.7 Å². The Balaban J connectivity index is 1.55. The molecular formula is C22H25N3O3. The fraction of sp³-hybridized carbons (Fsp3) is 0.318. The fourth-order valence-electron chi connectivity index (χ4n) is 3.31. The number of likely N-dealkylation sites (tertiary alicyclic amines) is 1. The second-order valence-electron chi connectivity index (χ2n) is 7.04. The van der Waals surface area contributed by atoms with Crippen LogP contribution < -0.4 is 10.6 Å². The summed E-state index contributed by atoms with van der Waals surface area (Å²) in [5.74, 6) is -0.838. The summed E-state index contributed by atoms with van der Waals surface area (Å²) in [5.41, 5.74) is 1.31. The number of amides is 3. The second kappa shape index (κ2) is 9.17. The maximum atomic E-state index is 12.6. The van der Waals surface area contributed by atoms with Crippen molar-refractivity contribution in [2.24, 2.45) is 5.92 Å². The third-order valence-corrected chi connectivity index (χ3v) is 4.89. The summed E-state index contributed by atoms with van der Waals surface area (Å²) >= 11 is 0. The molecule has 1 aliphatic heterocycles. The topological polar surface area (TPSA) is 78.5 Å². The van der Waals surface area contributed by atoms with Crippen molar-refractivity contribution in [3.05, 3.63) is 66.2 Å². The van der Waals surface area contributed by atoms with E-state index in [0.717, 1.165) is 6.42 Å². The van der Waals surface area contributed by atoms with Gasteiger partial charge < -0.3 is 15.5 Å². The normalized spacial score (nSPS) is 17.5. The number of hydrogen-bond acceptors (Lipinski definition) is 3. The zero-order valence-electron chi connectivity index (χ0n) is 15.9. The lowest BCUT2D eigenvalue weighted by molar-refractivity contribution is -0.130. The molecule has 0 saturated carbocycles. The summed E-state index contributed by atoms with van der Waals surface area (Å²) in [6.45, 7) is 2.67. The molecule has 28 heavy (non-hydrogen) atoms. The third kappa shape index (κ3) is 4.97. The Morgan fingerprint density at radius 1 is 1.00 bits per heavy atom. The molecule has 1 heterocycles. The van der Waals surface area contributed by atoms with E-state index in [2.05, 4.69) is 10.6 Å². The van der Waals surface area contributed by atoms with Crippen molar-refractivity contribution >= 4 is 23.4 Å². The molecule has 2 N–H and O–H groups in total. The predicted octanol–water partition coefficient (Wildman–Crippen LogP) is 2.68. The van der Waals surface area contributed by atoms with Gasteiger partial charge in [-0.3, -0.25) is 14.4 Å². The van der Waals surface area contributed by atoms with Gasteiger partial charge in [-0.05, 0) is 44.0 Å². The first-order chi connectivity index (χ1) is 13.5. The predicted molar refractivity (Wildman–Crippen MR) is 108 cm³/mol. The van der Waals surface area contributed by atoms with Crippen LogP contribution in [0.2, 0.25) is 0 Å². The van der Waals surface area contributed by atoms with Gasteiger partial charge in [-0.1, -0.05) is 36.4 Å². The molecule has 0 spiro atoms. The summed E-state index contributed by atoms with van der Waals surface area (Å²) in [5, 5.41) is 5.56. The van der Waals surface area contributed by atoms with Gasteiger partial charge in [0.15, 0.2) is 0 Å². The van der Waals surface area contributed by atoms with Gasteiger partial charge in [0.05, 0.1) is 5.92 Å². The van der Waals surface area contributed by atoms with E-state index >= 15 is 0 Å². The van der Waals surface area contributed by atoms with Gasteiger partial charge in [0, 0.05) is 24.3 Å². The van der Waals surface area contributed by atoms with Crippen molar-refractivity contribution < 1.29 is 14.4 Å². The summed E-state index contributed by atoms with van der Waals surface area (Å²) < 4.78 is 0. The van der Waals surface area contributed by atoms with Crippen molar-refractivity contribution in [2.45, 2.75) is 25.8 Å². The number of nitrogens with zero attached hydrogens (tertiary/aromatic N) is 1. The molecule has 2 atom stereocenters. The Hall–Kier alpha value is -3.15. The van der Waals surface area contributed by atoms with Gasteiger partial charge in [0.25, 0.3) is 5.91 Å². The Morgan fingerprint density at radius 2 is 1.64 bits per heavy atom. The maximum Gasteiger partial charge on any atom is 0.253 e. The minimum atomic E-state index is -0.659. The number of para-hydroxylation sites is 1. The molecule has 2 aromatic carbocycles. The monoisotopic (exact) mass is 379 g/mol. The number of nitrogens with one attached hydrogen (secondary N) is 2. The molecule has 1 aliphatic rings. The van der Waals surface area contributed by atoms with Crippen LogP contribution in [0.4, 0.5) is 5.69 Å². The van der Waals surface area contributed by atoms with E-state index in [1.165, 1.54) is 0 Å². The molecular weight excluding hydrogens is 354 g/mol. The Kier molecular flexibility index (Phi) is 6.42. The summed E-state index contributed by atoms with van der Waals surface area (Å²) in [7, 11) is 0. The first-order valence-corrected chi connectivity index (χ1v) is 9.55. The highest BCUT2D eigenvalue weighted by Gasteiger charge is 2.30. The van der Waals surface area contributed by atoms with Crippen LogP contribution in [0.25, 0.3) is 0 Å². The zero-order chi connectivity index (χ0) is 19.9. The van der Waals surface area contributed by atoms with Crippen LogP contribution in [-0.4, -0.2) is 41.8 Å². The molecule has 0 bridgehead atoms. The number of rotatable bonds is 5. The van der Waals surface area contributed by atoms with Gasteiger partial charge in [0.1, 0.15) is 6.04 Å². The second-order valence-corrected chi connectivity index (χ2v) is 7.04. The quantitative estimate of drug-likeness (QED) is 0.838. The van der Waals surface area contributed by atoms with E-state index in [-0.39, 0.29) is 23.6 Å². The minimum Gasteiger partial charge on any atom is -0.344 e. The molecule has 6 heteroatoms. The van der Waals surface area contributed by atoms with Crippen molar-refractivity contribution in [1.82, 2.24) is 10.2 Å². The van der Waals surface area contributed by atoms with E-state index in [1.807, 2.05) is 36.4 Å². The molecule has 1 saturated heterocycles. The number of hydrogen-bond donors (Lipinski definition) is 2. The molecule has 3 rings (SSSR count). The highest BCUT2D eigenvalue weighted by molar-refractivity contribution is 5.97. The van der Waals surface area contributed by atoms with Crippen LogP contribution in [-0.2, 0) is 9.59 Å². The third-order valence-electron chi connectivity index (χ3n) is 4.89. The maximum absolute atomic E-state index is 12.6. The lowest BCUT2D eigenvalue weighted by atomic mass is 9.96. The van der Waals surface area contributed by atoms with E-state index < -0.39 is 6.04 Å². The number of carbonyl (C=O) groups is 3. The van der Waals surface area contributed by atoms with Crippen LogP contribution >= 0.6 is 0 Å². The first kappa shape index (κ1) is 19.6. The molecule has 2 unspecified atom stereocenters. The van der Waals surface area contributed by atoms with Crippen LogP contribution in [0, 0.1) is 5.92 Å². The average molecular weight is 379 g/mol. The summed E-state index contributed by atoms with van der Waals surface area (Å²) in [4.78, 5) is 39.3. The SMILES string of the molecule is CC(NC(=O)C1CCCN(C(=O)c2ccccc2)C1)C(=O)Nc1ccccc1. The molecule has 0 aromatic heterocycles. The van der Waals surface area contributed by atoms with Gasteiger partial charge >= 0.3 is 0 Å². The van der Waals surface area contributed by atoms with E-state index in [0.29, 0.717) is 30.8 Å². The van der Waals surface area contributed by atoms with Crippen LogP contribution in [0.3, 0.4) is 0 Å². The molecule has 0 radical (unpaired) electrons. The number of benzene rings is 2. The Labute approximate surface area is 164 Å². The molecule has 6 nitrogen and oxygen atoms in total. The van der Waals surface area contributed by atoms with Crippen molar-refractivity contribution in [3.8, 4) is 0 Å². The molecule has 0 aliphatic carbocycles. The number of anilines is 1. The highest BCUT2D eigenvalue weighted by atomic mass is 16.2. The smallest absolute Gasteiger partial charge is 0.253 e. The number of carbonyl (C=O) groups excluding carboxylic acids is 3. The van der Waals surface area contributed by atoms with Crippen LogP contribution in [0.5, 0.6) is 0 Å². The molecule has 146 valence electrons. The first-order valence-electron chi connectivity index (χ1n) is 9.55. The van der Waals surface area contributed by atoms with Crippen molar-refractivity contribution in [2.75, 3.05) is 18.4 Å². The van der Waals surface area contributed by atoms with Gasteiger partial charge in [-0.25, -0.2) is 0 Å². The Bertz CT molecular complexity index is 823. The highest BCUT2D eigenvalue weighted by Crippen LogP contribution is 2.19. The zero-order valence-corrected chi connectivity index (χ0v) is 15.9. The van der Waals surface area contributed by atoms with Crippen LogP contribution in [0.1, 0.15) is 30.1 Å². The summed E-state index contributed by atoms with van der Waals surface area (Å²) in [6, 6.07) is 17.5. The largest absolute Gasteiger partial charge is 0.344 e.